The molecule has 0 radical (unpaired) electrons. The Hall–Kier alpha value is -1.79. The molecule has 0 bridgehead atoms. The minimum atomic E-state index is 0.194. The molecule has 19 heavy (non-hydrogen) atoms. The Bertz CT molecular complexity index is 564. The highest BCUT2D eigenvalue weighted by atomic mass is 15.3. The van der Waals surface area contributed by atoms with Crippen LogP contribution in [0.5, 0.6) is 0 Å². The van der Waals surface area contributed by atoms with Gasteiger partial charge in [0.2, 0.25) is 0 Å². The van der Waals surface area contributed by atoms with Gasteiger partial charge in [-0.25, -0.2) is 0 Å². The fourth-order valence-corrected chi connectivity index (χ4v) is 2.65. The Labute approximate surface area is 112 Å². The van der Waals surface area contributed by atoms with E-state index in [0.29, 0.717) is 6.54 Å². The first-order valence-electron chi connectivity index (χ1n) is 6.51. The minimum absolute atomic E-state index is 0.194. The average molecular weight is 258 g/mol. The van der Waals surface area contributed by atoms with Crippen molar-refractivity contribution in [2.45, 2.75) is 26.1 Å². The lowest BCUT2D eigenvalue weighted by molar-refractivity contribution is 0.155. The third kappa shape index (κ3) is 2.24. The number of rotatable bonds is 3. The fourth-order valence-electron chi connectivity index (χ4n) is 2.65. The highest BCUT2D eigenvalue weighted by Crippen LogP contribution is 2.25. The number of aryl methyl sites for hydroxylation is 1. The predicted molar refractivity (Wildman–Crippen MR) is 71.2 cm³/mol. The topological polar surface area (TPSA) is 72.9 Å². The van der Waals surface area contributed by atoms with Crippen LogP contribution in [0.3, 0.4) is 0 Å². The smallest absolute Gasteiger partial charge is 0.147 e. The van der Waals surface area contributed by atoms with Gasteiger partial charge in [0.25, 0.3) is 0 Å². The quantitative estimate of drug-likeness (QED) is 0.867. The molecule has 6 heteroatoms. The maximum Gasteiger partial charge on any atom is 0.147 e. The van der Waals surface area contributed by atoms with Crippen LogP contribution < -0.4 is 5.73 Å². The molecule has 0 saturated carbocycles. The van der Waals surface area contributed by atoms with Gasteiger partial charge in [0.1, 0.15) is 12.2 Å². The van der Waals surface area contributed by atoms with E-state index in [4.69, 9.17) is 5.73 Å². The first-order chi connectivity index (χ1) is 9.29. The number of pyridine rings is 1. The number of aromatic nitrogens is 4. The number of fused-ring (bicyclic) bond motifs is 1. The summed E-state index contributed by atoms with van der Waals surface area (Å²) in [6, 6.07) is 2.23. The summed E-state index contributed by atoms with van der Waals surface area (Å²) in [5.74, 6) is 1.01. The largest absolute Gasteiger partial charge is 0.329 e. The average Bonchev–Trinajstić information content (AvgIpc) is 2.89. The van der Waals surface area contributed by atoms with Crippen LogP contribution >= 0.6 is 0 Å². The fraction of sp³-hybridized carbons (Fsp3) is 0.462. The number of hydrogen-bond acceptors (Lipinski definition) is 5. The lowest BCUT2D eigenvalue weighted by Gasteiger charge is -2.34. The first-order valence-corrected chi connectivity index (χ1v) is 6.51. The zero-order valence-corrected chi connectivity index (χ0v) is 11.0. The third-order valence-electron chi connectivity index (χ3n) is 3.77. The van der Waals surface area contributed by atoms with Gasteiger partial charge in [0.05, 0.1) is 6.54 Å². The number of nitrogens with two attached hydrogens (primary N) is 1. The molecule has 1 aliphatic rings. The van der Waals surface area contributed by atoms with Crippen molar-refractivity contribution in [2.24, 2.45) is 5.73 Å². The van der Waals surface area contributed by atoms with Gasteiger partial charge < -0.3 is 10.3 Å². The van der Waals surface area contributed by atoms with Crippen molar-refractivity contribution in [3.05, 3.63) is 41.7 Å². The van der Waals surface area contributed by atoms with Crippen LogP contribution in [0.1, 0.15) is 23.0 Å². The molecule has 6 nitrogen and oxygen atoms in total. The van der Waals surface area contributed by atoms with E-state index in [1.807, 2.05) is 18.5 Å². The summed E-state index contributed by atoms with van der Waals surface area (Å²) in [5, 5.41) is 8.11. The van der Waals surface area contributed by atoms with Crippen LogP contribution in [0.2, 0.25) is 0 Å². The molecular weight excluding hydrogens is 240 g/mol. The minimum Gasteiger partial charge on any atom is -0.329 e. The van der Waals surface area contributed by atoms with Gasteiger partial charge in [0.15, 0.2) is 0 Å². The molecule has 0 spiro atoms. The van der Waals surface area contributed by atoms with Crippen LogP contribution in [0.15, 0.2) is 24.8 Å². The summed E-state index contributed by atoms with van der Waals surface area (Å²) in [6.07, 6.45) is 5.53. The monoisotopic (exact) mass is 258 g/mol. The van der Waals surface area contributed by atoms with Crippen molar-refractivity contribution >= 4 is 0 Å². The van der Waals surface area contributed by atoms with E-state index in [2.05, 4.69) is 31.6 Å². The van der Waals surface area contributed by atoms with Crippen LogP contribution in [-0.2, 0) is 13.1 Å². The Kier molecular flexibility index (Phi) is 3.27. The second-order valence-electron chi connectivity index (χ2n) is 4.89. The molecule has 0 saturated heterocycles. The van der Waals surface area contributed by atoms with Crippen molar-refractivity contribution in [3.63, 3.8) is 0 Å². The van der Waals surface area contributed by atoms with Crippen molar-refractivity contribution in [2.75, 3.05) is 13.1 Å². The molecule has 1 atom stereocenters. The molecule has 3 heterocycles. The van der Waals surface area contributed by atoms with Gasteiger partial charge in [0, 0.05) is 38.1 Å². The Morgan fingerprint density at radius 1 is 1.42 bits per heavy atom. The predicted octanol–water partition coefficient (Wildman–Crippen LogP) is 0.497. The Balaban J connectivity index is 1.86. The van der Waals surface area contributed by atoms with E-state index in [9.17, 15) is 0 Å². The van der Waals surface area contributed by atoms with E-state index in [0.717, 1.165) is 25.5 Å². The van der Waals surface area contributed by atoms with E-state index in [-0.39, 0.29) is 6.04 Å². The normalized spacial score (nSPS) is 17.2. The molecule has 0 aromatic carbocycles. The number of hydrogen-bond donors (Lipinski definition) is 1. The van der Waals surface area contributed by atoms with Crippen LogP contribution in [0.25, 0.3) is 0 Å². The van der Waals surface area contributed by atoms with Gasteiger partial charge in [-0.2, -0.15) is 0 Å². The maximum absolute atomic E-state index is 5.99. The van der Waals surface area contributed by atoms with Gasteiger partial charge in [-0.15, -0.1) is 10.2 Å². The molecule has 2 aromatic rings. The molecule has 2 N–H and O–H groups in total. The van der Waals surface area contributed by atoms with E-state index >= 15 is 0 Å². The Morgan fingerprint density at radius 2 is 2.32 bits per heavy atom. The summed E-state index contributed by atoms with van der Waals surface area (Å²) in [6.45, 7) is 5.35. The molecule has 3 rings (SSSR count). The van der Waals surface area contributed by atoms with Gasteiger partial charge in [-0.3, -0.25) is 9.88 Å². The lowest BCUT2D eigenvalue weighted by Crippen LogP contribution is -2.40. The van der Waals surface area contributed by atoms with Crippen molar-refractivity contribution in [1.82, 2.24) is 24.6 Å². The zero-order chi connectivity index (χ0) is 13.2. The highest BCUT2D eigenvalue weighted by Gasteiger charge is 2.25. The van der Waals surface area contributed by atoms with Gasteiger partial charge in [-0.05, 0) is 24.1 Å². The second-order valence-corrected chi connectivity index (χ2v) is 4.89. The summed E-state index contributed by atoms with van der Waals surface area (Å²) >= 11 is 0. The summed E-state index contributed by atoms with van der Waals surface area (Å²) < 4.78 is 2.10. The molecule has 100 valence electrons. The van der Waals surface area contributed by atoms with Gasteiger partial charge in [-0.1, -0.05) is 0 Å². The lowest BCUT2D eigenvalue weighted by atomic mass is 10.0. The van der Waals surface area contributed by atoms with E-state index < -0.39 is 0 Å². The van der Waals surface area contributed by atoms with Crippen molar-refractivity contribution in [3.8, 4) is 0 Å². The summed E-state index contributed by atoms with van der Waals surface area (Å²) in [4.78, 5) is 6.58. The Morgan fingerprint density at radius 3 is 3.11 bits per heavy atom. The molecule has 0 aliphatic carbocycles. The molecule has 2 aromatic heterocycles. The van der Waals surface area contributed by atoms with Crippen LogP contribution in [-0.4, -0.2) is 37.7 Å². The highest BCUT2D eigenvalue weighted by molar-refractivity contribution is 5.25. The first kappa shape index (κ1) is 12.3. The molecular formula is C13H18N6. The summed E-state index contributed by atoms with van der Waals surface area (Å²) in [5.41, 5.74) is 8.43. The van der Waals surface area contributed by atoms with E-state index in [1.54, 1.807) is 6.33 Å². The molecule has 0 fully saturated rings. The SMILES string of the molecule is Cc1ccncc1C(CN)N1CCn2cnnc2C1. The van der Waals surface area contributed by atoms with E-state index in [1.165, 1.54) is 11.1 Å². The molecule has 1 aliphatic heterocycles. The zero-order valence-electron chi connectivity index (χ0n) is 11.0. The number of nitrogens with zero attached hydrogens (tertiary/aromatic N) is 5. The third-order valence-corrected chi connectivity index (χ3v) is 3.77. The van der Waals surface area contributed by atoms with Crippen molar-refractivity contribution < 1.29 is 0 Å². The van der Waals surface area contributed by atoms with Crippen molar-refractivity contribution in [1.29, 1.82) is 0 Å². The summed E-state index contributed by atoms with van der Waals surface area (Å²) in [7, 11) is 0. The second kappa shape index (κ2) is 5.07. The van der Waals surface area contributed by atoms with Crippen LogP contribution in [0.4, 0.5) is 0 Å². The molecule has 0 amide bonds. The maximum atomic E-state index is 5.99. The van der Waals surface area contributed by atoms with Crippen LogP contribution in [0, 0.1) is 6.92 Å². The molecule has 1 unspecified atom stereocenters. The van der Waals surface area contributed by atoms with Gasteiger partial charge >= 0.3 is 0 Å². The standard InChI is InChI=1S/C13H18N6/c1-10-2-3-15-7-11(10)12(6-14)18-4-5-19-9-16-17-13(19)8-18/h2-3,7,9,12H,4-6,8,14H2,1H3.